The summed E-state index contributed by atoms with van der Waals surface area (Å²) in [6, 6.07) is 10.2. The highest BCUT2D eigenvalue weighted by atomic mass is 32.2. The van der Waals surface area contributed by atoms with E-state index in [4.69, 9.17) is 0 Å². The van der Waals surface area contributed by atoms with Crippen LogP contribution in [0.1, 0.15) is 16.8 Å². The summed E-state index contributed by atoms with van der Waals surface area (Å²) in [5.41, 5.74) is 0.871. The highest BCUT2D eigenvalue weighted by Gasteiger charge is 2.22. The van der Waals surface area contributed by atoms with Gasteiger partial charge < -0.3 is 4.90 Å². The number of aromatic nitrogens is 1. The molecule has 2 aromatic carbocycles. The monoisotopic (exact) mass is 462 g/mol. The van der Waals surface area contributed by atoms with Crippen molar-refractivity contribution < 1.29 is 18.1 Å². The topological polar surface area (TPSA) is 114 Å². The molecule has 11 heteroatoms. The Balaban J connectivity index is 1.96. The summed E-state index contributed by atoms with van der Waals surface area (Å²) in [7, 11) is 0.509. The van der Waals surface area contributed by atoms with Crippen molar-refractivity contribution in [1.82, 2.24) is 9.88 Å². The minimum atomic E-state index is -3.37. The van der Waals surface area contributed by atoms with Crippen LogP contribution in [0.5, 0.6) is 0 Å². The van der Waals surface area contributed by atoms with Crippen molar-refractivity contribution in [3.8, 4) is 0 Å². The van der Waals surface area contributed by atoms with E-state index in [-0.39, 0.29) is 16.5 Å². The number of carbonyl (C=O) groups excluding carboxylic acids is 1. The predicted molar refractivity (Wildman–Crippen MR) is 121 cm³/mol. The first-order valence-corrected chi connectivity index (χ1v) is 12.1. The molecule has 0 fully saturated rings. The number of thiazole rings is 1. The Morgan fingerprint density at radius 2 is 1.81 bits per heavy atom. The lowest BCUT2D eigenvalue weighted by Crippen LogP contribution is -2.33. The van der Waals surface area contributed by atoms with Crippen LogP contribution in [-0.4, -0.2) is 62.6 Å². The molecule has 1 aromatic heterocycles. The van der Waals surface area contributed by atoms with Crippen molar-refractivity contribution in [3.63, 3.8) is 0 Å². The van der Waals surface area contributed by atoms with Crippen molar-refractivity contribution in [2.24, 2.45) is 0 Å². The van der Waals surface area contributed by atoms with Crippen LogP contribution in [0.2, 0.25) is 0 Å². The molecule has 3 aromatic rings. The third-order valence-corrected chi connectivity index (χ3v) is 6.73. The van der Waals surface area contributed by atoms with E-state index in [1.807, 2.05) is 19.0 Å². The molecule has 0 unspecified atom stereocenters. The Morgan fingerprint density at radius 1 is 1.13 bits per heavy atom. The second-order valence-electron chi connectivity index (χ2n) is 7.32. The molecule has 0 saturated heterocycles. The smallest absolute Gasteiger partial charge is 0.270 e. The minimum absolute atomic E-state index is 0.0375. The van der Waals surface area contributed by atoms with E-state index in [2.05, 4.69) is 4.98 Å². The summed E-state index contributed by atoms with van der Waals surface area (Å²) >= 11 is 1.21. The van der Waals surface area contributed by atoms with Gasteiger partial charge in [0.15, 0.2) is 15.0 Å². The number of hydrogen-bond acceptors (Lipinski definition) is 8. The van der Waals surface area contributed by atoms with Gasteiger partial charge in [-0.25, -0.2) is 13.4 Å². The van der Waals surface area contributed by atoms with Crippen molar-refractivity contribution in [2.45, 2.75) is 11.3 Å². The number of non-ortho nitro benzene ring substituents is 1. The van der Waals surface area contributed by atoms with E-state index >= 15 is 0 Å². The van der Waals surface area contributed by atoms with Gasteiger partial charge in [-0.3, -0.25) is 19.8 Å². The number of amides is 1. The largest absolute Gasteiger partial charge is 0.309 e. The second-order valence-corrected chi connectivity index (χ2v) is 10.3. The molecule has 31 heavy (non-hydrogen) atoms. The van der Waals surface area contributed by atoms with Gasteiger partial charge in [0.1, 0.15) is 0 Å². The molecule has 0 aliphatic heterocycles. The number of nitro groups is 1. The van der Waals surface area contributed by atoms with Crippen LogP contribution in [0, 0.1) is 10.1 Å². The maximum Gasteiger partial charge on any atom is 0.270 e. The van der Waals surface area contributed by atoms with Crippen LogP contribution in [0.15, 0.2) is 47.4 Å². The van der Waals surface area contributed by atoms with E-state index in [1.165, 1.54) is 52.6 Å². The van der Waals surface area contributed by atoms with Gasteiger partial charge in [-0.2, -0.15) is 0 Å². The Kier molecular flexibility index (Phi) is 6.68. The highest BCUT2D eigenvalue weighted by molar-refractivity contribution is 7.90. The van der Waals surface area contributed by atoms with E-state index in [9.17, 15) is 23.3 Å². The number of sulfone groups is 1. The third kappa shape index (κ3) is 5.43. The second kappa shape index (κ2) is 9.08. The van der Waals surface area contributed by atoms with Gasteiger partial charge in [0.05, 0.1) is 20.0 Å². The molecule has 0 saturated carbocycles. The summed E-state index contributed by atoms with van der Waals surface area (Å²) in [4.78, 5) is 32.0. The van der Waals surface area contributed by atoms with Crippen LogP contribution in [0.4, 0.5) is 10.8 Å². The lowest BCUT2D eigenvalue weighted by Gasteiger charge is -2.21. The maximum absolute atomic E-state index is 13.3. The number of anilines is 1. The van der Waals surface area contributed by atoms with Crippen LogP contribution in [0.3, 0.4) is 0 Å². The number of benzene rings is 2. The first-order chi connectivity index (χ1) is 14.6. The molecular formula is C20H22N4O5S2. The fraction of sp³-hybridized carbons (Fsp3) is 0.300. The fourth-order valence-corrected chi connectivity index (χ4v) is 4.61. The Morgan fingerprint density at radius 3 is 2.39 bits per heavy atom. The van der Waals surface area contributed by atoms with E-state index in [1.54, 1.807) is 6.07 Å². The van der Waals surface area contributed by atoms with Gasteiger partial charge in [0.25, 0.3) is 11.6 Å². The van der Waals surface area contributed by atoms with Crippen molar-refractivity contribution in [3.05, 3.63) is 58.1 Å². The maximum atomic E-state index is 13.3. The summed E-state index contributed by atoms with van der Waals surface area (Å²) in [5.74, 6) is -0.313. The summed E-state index contributed by atoms with van der Waals surface area (Å²) in [6.07, 6.45) is 1.80. The van der Waals surface area contributed by atoms with Crippen LogP contribution >= 0.6 is 11.3 Å². The first-order valence-electron chi connectivity index (χ1n) is 9.38. The van der Waals surface area contributed by atoms with Gasteiger partial charge in [-0.05, 0) is 57.4 Å². The average Bonchev–Trinajstić information content (AvgIpc) is 3.12. The van der Waals surface area contributed by atoms with E-state index < -0.39 is 14.8 Å². The molecule has 0 bridgehead atoms. The number of nitrogens with zero attached hydrogens (tertiary/aromatic N) is 4. The third-order valence-electron chi connectivity index (χ3n) is 4.56. The molecule has 0 radical (unpaired) electrons. The summed E-state index contributed by atoms with van der Waals surface area (Å²) < 4.78 is 24.0. The molecule has 0 N–H and O–H groups in total. The molecule has 1 amide bonds. The van der Waals surface area contributed by atoms with E-state index in [0.717, 1.165) is 12.8 Å². The normalized spacial score (nSPS) is 11.7. The average molecular weight is 463 g/mol. The van der Waals surface area contributed by atoms with Crippen LogP contribution in [-0.2, 0) is 9.84 Å². The van der Waals surface area contributed by atoms with Gasteiger partial charge in [-0.15, -0.1) is 0 Å². The minimum Gasteiger partial charge on any atom is -0.309 e. The highest BCUT2D eigenvalue weighted by Crippen LogP contribution is 2.32. The number of fused-ring (bicyclic) bond motifs is 1. The predicted octanol–water partition coefficient (Wildman–Crippen LogP) is 3.21. The number of rotatable bonds is 8. The SMILES string of the molecule is CN(C)CCCN(C(=O)c1ccc(S(C)(=O)=O)cc1)c1nc2ccc([N+](=O)[O-])cc2s1. The Bertz CT molecular complexity index is 1220. The lowest BCUT2D eigenvalue weighted by atomic mass is 10.2. The molecule has 0 atom stereocenters. The Hall–Kier alpha value is -2.89. The molecule has 3 rings (SSSR count). The van der Waals surface area contributed by atoms with Crippen molar-refractivity contribution >= 4 is 48.1 Å². The van der Waals surface area contributed by atoms with Gasteiger partial charge in [0, 0.05) is 30.5 Å². The van der Waals surface area contributed by atoms with Crippen LogP contribution in [0.25, 0.3) is 10.2 Å². The zero-order valence-corrected chi connectivity index (χ0v) is 18.9. The molecule has 0 aliphatic rings. The molecule has 0 spiro atoms. The van der Waals surface area contributed by atoms with Gasteiger partial charge in [0.2, 0.25) is 0 Å². The molecule has 1 heterocycles. The van der Waals surface area contributed by atoms with Gasteiger partial charge >= 0.3 is 0 Å². The number of nitro benzene ring substituents is 1. The van der Waals surface area contributed by atoms with E-state index in [0.29, 0.717) is 33.9 Å². The van der Waals surface area contributed by atoms with Crippen molar-refractivity contribution in [1.29, 1.82) is 0 Å². The quantitative estimate of drug-likeness (QED) is 0.373. The fourth-order valence-electron chi connectivity index (χ4n) is 2.96. The Labute approximate surface area is 184 Å². The molecular weight excluding hydrogens is 440 g/mol. The standard InChI is InChI=1S/C20H22N4O5S2/c1-22(2)11-4-12-23(19(25)14-5-8-16(9-6-14)31(3,28)29)20-21-17-10-7-15(24(26)27)13-18(17)30-20/h5-10,13H,4,11-12H2,1-3H3. The molecule has 0 aliphatic carbocycles. The number of carbonyl (C=O) groups is 1. The van der Waals surface area contributed by atoms with Crippen LogP contribution < -0.4 is 4.90 Å². The summed E-state index contributed by atoms with van der Waals surface area (Å²) in [6.45, 7) is 1.15. The zero-order chi connectivity index (χ0) is 22.8. The molecule has 164 valence electrons. The number of hydrogen-bond donors (Lipinski definition) is 0. The molecule has 9 nitrogen and oxygen atoms in total. The van der Waals surface area contributed by atoms with Gasteiger partial charge in [-0.1, -0.05) is 11.3 Å². The summed E-state index contributed by atoms with van der Waals surface area (Å²) in [5, 5.41) is 11.5. The first kappa shape index (κ1) is 22.8. The lowest BCUT2D eigenvalue weighted by molar-refractivity contribution is -0.384. The van der Waals surface area contributed by atoms with Crippen molar-refractivity contribution in [2.75, 3.05) is 38.3 Å². The zero-order valence-electron chi connectivity index (χ0n) is 17.3.